The van der Waals surface area contributed by atoms with E-state index in [-0.39, 0.29) is 25.6 Å². The van der Waals surface area contributed by atoms with E-state index in [0.717, 1.165) is 10.5 Å². The standard InChI is InChI=1S/C22H27NO6S2/c1-31-19-9-7-17(8-10-19)23-22(26)29-20(6-3-12-28-21(25)15-30)16-4-2-5-18(14-16)27-13-11-24/h2,4-5,7-10,14,20,24,30H,3,6,11-13,15H2,1H3,(H,23,26)/t20-/m1/s1. The van der Waals surface area contributed by atoms with Gasteiger partial charge in [0.1, 0.15) is 18.5 Å². The first-order chi connectivity index (χ1) is 15.0. The first-order valence-corrected chi connectivity index (χ1v) is 11.6. The molecule has 2 N–H and O–H groups in total. The summed E-state index contributed by atoms with van der Waals surface area (Å²) in [5.41, 5.74) is 1.37. The number of thioether (sulfide) groups is 1. The molecule has 0 aliphatic rings. The minimum atomic E-state index is -0.587. The number of ether oxygens (including phenoxy) is 3. The number of benzene rings is 2. The smallest absolute Gasteiger partial charge is 0.412 e. The number of nitrogens with one attached hydrogen (secondary N) is 1. The molecular weight excluding hydrogens is 438 g/mol. The van der Waals surface area contributed by atoms with Gasteiger partial charge in [-0.15, -0.1) is 11.8 Å². The lowest BCUT2D eigenvalue weighted by Crippen LogP contribution is -2.18. The second-order valence-electron chi connectivity index (χ2n) is 6.41. The first-order valence-electron chi connectivity index (χ1n) is 9.77. The Bertz CT molecular complexity index is 831. The zero-order chi connectivity index (χ0) is 22.5. The summed E-state index contributed by atoms with van der Waals surface area (Å²) in [5, 5.41) is 11.7. The molecule has 9 heteroatoms. The van der Waals surface area contributed by atoms with Crippen LogP contribution in [0.15, 0.2) is 53.4 Å². The molecule has 2 aromatic rings. The number of carbonyl (C=O) groups is 2. The van der Waals surface area contributed by atoms with E-state index in [4.69, 9.17) is 19.3 Å². The lowest BCUT2D eigenvalue weighted by Gasteiger charge is -2.19. The second kappa shape index (κ2) is 13.8. The number of amides is 1. The number of hydrogen-bond donors (Lipinski definition) is 3. The molecule has 168 valence electrons. The van der Waals surface area contributed by atoms with Crippen LogP contribution in [0.5, 0.6) is 5.75 Å². The molecule has 2 aromatic carbocycles. The summed E-state index contributed by atoms with van der Waals surface area (Å²) in [7, 11) is 0. The highest BCUT2D eigenvalue weighted by Gasteiger charge is 2.18. The zero-order valence-corrected chi connectivity index (χ0v) is 19.0. The van der Waals surface area contributed by atoms with E-state index in [1.807, 2.05) is 36.6 Å². The van der Waals surface area contributed by atoms with E-state index in [0.29, 0.717) is 24.3 Å². The lowest BCUT2D eigenvalue weighted by atomic mass is 10.0. The fraction of sp³-hybridized carbons (Fsp3) is 0.364. The Labute approximate surface area is 191 Å². The Kier molecular flexibility index (Phi) is 11.1. The zero-order valence-electron chi connectivity index (χ0n) is 17.3. The molecule has 0 saturated carbocycles. The Morgan fingerprint density at radius 2 is 1.94 bits per heavy atom. The summed E-state index contributed by atoms with van der Waals surface area (Å²) in [6, 6.07) is 14.6. The van der Waals surface area contributed by atoms with E-state index < -0.39 is 18.2 Å². The van der Waals surface area contributed by atoms with Crippen molar-refractivity contribution in [2.45, 2.75) is 23.8 Å². The molecule has 0 radical (unpaired) electrons. The van der Waals surface area contributed by atoms with Crippen molar-refractivity contribution in [3.05, 3.63) is 54.1 Å². The van der Waals surface area contributed by atoms with E-state index in [1.165, 1.54) is 0 Å². The normalized spacial score (nSPS) is 11.5. The van der Waals surface area contributed by atoms with Crippen molar-refractivity contribution in [1.29, 1.82) is 0 Å². The minimum Gasteiger partial charge on any atom is -0.491 e. The van der Waals surface area contributed by atoms with Crippen LogP contribution in [-0.4, -0.2) is 49.0 Å². The Morgan fingerprint density at radius 1 is 1.16 bits per heavy atom. The predicted octanol–water partition coefficient (Wildman–Crippen LogP) is 4.32. The monoisotopic (exact) mass is 465 g/mol. The van der Waals surface area contributed by atoms with Gasteiger partial charge in [0.15, 0.2) is 0 Å². The van der Waals surface area contributed by atoms with Crippen LogP contribution < -0.4 is 10.1 Å². The van der Waals surface area contributed by atoms with E-state index in [9.17, 15) is 9.59 Å². The number of esters is 1. The predicted molar refractivity (Wildman–Crippen MR) is 124 cm³/mol. The highest BCUT2D eigenvalue weighted by atomic mass is 32.2. The summed E-state index contributed by atoms with van der Waals surface area (Å²) in [4.78, 5) is 24.9. The fourth-order valence-electron chi connectivity index (χ4n) is 2.71. The van der Waals surface area contributed by atoms with Crippen molar-refractivity contribution < 1.29 is 28.9 Å². The lowest BCUT2D eigenvalue weighted by molar-refractivity contribution is -0.140. The molecule has 1 atom stereocenters. The maximum Gasteiger partial charge on any atom is 0.412 e. The van der Waals surface area contributed by atoms with Gasteiger partial charge < -0.3 is 19.3 Å². The highest BCUT2D eigenvalue weighted by Crippen LogP contribution is 2.27. The van der Waals surface area contributed by atoms with Crippen molar-refractivity contribution >= 4 is 42.1 Å². The Morgan fingerprint density at radius 3 is 2.61 bits per heavy atom. The second-order valence-corrected chi connectivity index (χ2v) is 7.61. The van der Waals surface area contributed by atoms with Crippen LogP contribution in [0, 0.1) is 0 Å². The average molecular weight is 466 g/mol. The molecule has 0 heterocycles. The molecule has 0 unspecified atom stereocenters. The number of anilines is 1. The topological polar surface area (TPSA) is 94.1 Å². The van der Waals surface area contributed by atoms with Gasteiger partial charge in [0.2, 0.25) is 0 Å². The quantitative estimate of drug-likeness (QED) is 0.186. The van der Waals surface area contributed by atoms with Crippen LogP contribution in [0.25, 0.3) is 0 Å². The molecule has 0 bridgehead atoms. The van der Waals surface area contributed by atoms with Gasteiger partial charge in [-0.2, -0.15) is 12.6 Å². The third kappa shape index (κ3) is 9.12. The average Bonchev–Trinajstić information content (AvgIpc) is 2.80. The third-order valence-electron chi connectivity index (χ3n) is 4.18. The first kappa shape index (κ1) is 24.9. The van der Waals surface area contributed by atoms with Crippen LogP contribution in [0.2, 0.25) is 0 Å². The van der Waals surface area contributed by atoms with Gasteiger partial charge in [0.05, 0.1) is 19.0 Å². The summed E-state index contributed by atoms with van der Waals surface area (Å²) >= 11 is 5.49. The highest BCUT2D eigenvalue weighted by molar-refractivity contribution is 7.98. The van der Waals surface area contributed by atoms with Gasteiger partial charge in [0, 0.05) is 10.6 Å². The fourth-order valence-corrected chi connectivity index (χ4v) is 3.21. The molecule has 0 fully saturated rings. The third-order valence-corrected chi connectivity index (χ3v) is 5.18. The van der Waals surface area contributed by atoms with E-state index in [2.05, 4.69) is 17.9 Å². The summed E-state index contributed by atoms with van der Waals surface area (Å²) in [6.45, 7) is 0.275. The van der Waals surface area contributed by atoms with E-state index >= 15 is 0 Å². The van der Waals surface area contributed by atoms with Crippen LogP contribution >= 0.6 is 24.4 Å². The molecular formula is C22H27NO6S2. The Hall–Kier alpha value is -2.36. The molecule has 7 nitrogen and oxygen atoms in total. The summed E-state index contributed by atoms with van der Waals surface area (Å²) < 4.78 is 16.2. The van der Waals surface area contributed by atoms with Gasteiger partial charge in [-0.1, -0.05) is 12.1 Å². The maximum atomic E-state index is 12.5. The van der Waals surface area contributed by atoms with Gasteiger partial charge in [-0.3, -0.25) is 10.1 Å². The summed E-state index contributed by atoms with van der Waals surface area (Å²) in [6.07, 6.45) is 1.77. The van der Waals surface area contributed by atoms with Crippen molar-refractivity contribution in [3.63, 3.8) is 0 Å². The SMILES string of the molecule is CSc1ccc(NC(=O)O[C@H](CCCOC(=O)CS)c2cccc(OCCO)c2)cc1. The number of aliphatic hydroxyl groups is 1. The largest absolute Gasteiger partial charge is 0.491 e. The van der Waals surface area contributed by atoms with Crippen molar-refractivity contribution in [2.24, 2.45) is 0 Å². The molecule has 2 rings (SSSR count). The molecule has 0 saturated heterocycles. The Balaban J connectivity index is 2.05. The van der Waals surface area contributed by atoms with Crippen molar-refractivity contribution in [1.82, 2.24) is 0 Å². The molecule has 0 spiro atoms. The number of carbonyl (C=O) groups excluding carboxylic acids is 2. The van der Waals surface area contributed by atoms with Crippen molar-refractivity contribution in [3.8, 4) is 5.75 Å². The number of aliphatic hydroxyl groups excluding tert-OH is 1. The van der Waals surface area contributed by atoms with Gasteiger partial charge >= 0.3 is 12.1 Å². The maximum absolute atomic E-state index is 12.5. The molecule has 31 heavy (non-hydrogen) atoms. The van der Waals surface area contributed by atoms with E-state index in [1.54, 1.807) is 30.0 Å². The molecule has 1 amide bonds. The van der Waals surface area contributed by atoms with Gasteiger partial charge in [-0.05, 0) is 61.1 Å². The summed E-state index contributed by atoms with van der Waals surface area (Å²) in [5.74, 6) is 0.184. The van der Waals surface area contributed by atoms with Crippen molar-refractivity contribution in [2.75, 3.05) is 37.1 Å². The van der Waals surface area contributed by atoms with Crippen LogP contribution in [0.1, 0.15) is 24.5 Å². The van der Waals surface area contributed by atoms with Crippen LogP contribution in [0.4, 0.5) is 10.5 Å². The van der Waals surface area contributed by atoms with Crippen LogP contribution in [0.3, 0.4) is 0 Å². The number of rotatable bonds is 12. The number of hydrogen-bond acceptors (Lipinski definition) is 8. The number of thiol groups is 1. The molecule has 0 aromatic heterocycles. The van der Waals surface area contributed by atoms with Gasteiger partial charge in [-0.25, -0.2) is 4.79 Å². The molecule has 0 aliphatic heterocycles. The van der Waals surface area contributed by atoms with Gasteiger partial charge in [0.25, 0.3) is 0 Å². The minimum absolute atomic E-state index is 0.0158. The van der Waals surface area contributed by atoms with Crippen LogP contribution in [-0.2, 0) is 14.3 Å². The molecule has 0 aliphatic carbocycles.